The van der Waals surface area contributed by atoms with Crippen molar-refractivity contribution in [3.63, 3.8) is 0 Å². The number of ketones is 1. The van der Waals surface area contributed by atoms with Gasteiger partial charge >= 0.3 is 11.9 Å². The molecule has 0 aromatic carbocycles. The van der Waals surface area contributed by atoms with E-state index in [0.29, 0.717) is 0 Å². The van der Waals surface area contributed by atoms with Gasteiger partial charge in [0.2, 0.25) is 0 Å². The highest BCUT2D eigenvalue weighted by molar-refractivity contribution is 6.03. The van der Waals surface area contributed by atoms with Crippen molar-refractivity contribution in [3.05, 3.63) is 12.2 Å². The lowest BCUT2D eigenvalue weighted by Crippen LogP contribution is -2.38. The fourth-order valence-electron chi connectivity index (χ4n) is 1.07. The van der Waals surface area contributed by atoms with Gasteiger partial charge in [-0.05, 0) is 33.8 Å². The van der Waals surface area contributed by atoms with Crippen molar-refractivity contribution in [3.8, 4) is 0 Å². The first-order valence-corrected chi connectivity index (χ1v) is 5.42. The first kappa shape index (κ1) is 15.3. The van der Waals surface area contributed by atoms with Gasteiger partial charge in [-0.15, -0.1) is 0 Å². The molecule has 5 heteroatoms. The second-order valence-corrected chi connectivity index (χ2v) is 3.59. The zero-order valence-corrected chi connectivity index (χ0v) is 10.6. The smallest absolute Gasteiger partial charge is 0.327 e. The molecule has 0 fully saturated rings. The Morgan fingerprint density at radius 3 is 1.76 bits per heavy atom. The lowest BCUT2D eigenvalue weighted by atomic mass is 9.90. The minimum Gasteiger partial charge on any atom is -0.465 e. The van der Waals surface area contributed by atoms with Crippen LogP contribution in [0.4, 0.5) is 0 Å². The summed E-state index contributed by atoms with van der Waals surface area (Å²) in [5, 5.41) is 0. The molecule has 0 heterocycles. The molecule has 0 aliphatic rings. The summed E-state index contributed by atoms with van der Waals surface area (Å²) in [4.78, 5) is 34.3. The second-order valence-electron chi connectivity index (χ2n) is 3.59. The summed E-state index contributed by atoms with van der Waals surface area (Å²) in [7, 11) is 0. The maximum atomic E-state index is 11.7. The number of esters is 2. The third kappa shape index (κ3) is 4.38. The van der Waals surface area contributed by atoms with Gasteiger partial charge in [0.1, 0.15) is 0 Å². The molecule has 0 aromatic rings. The number of carbonyl (C=O) groups excluding carboxylic acids is 3. The average Bonchev–Trinajstić information content (AvgIpc) is 2.26. The third-order valence-electron chi connectivity index (χ3n) is 2.05. The Labute approximate surface area is 101 Å². The van der Waals surface area contributed by atoms with Crippen molar-refractivity contribution in [2.24, 2.45) is 5.41 Å². The molecule has 0 spiro atoms. The van der Waals surface area contributed by atoms with Crippen LogP contribution in [0.3, 0.4) is 0 Å². The molecule has 0 bridgehead atoms. The fraction of sp³-hybridized carbons (Fsp3) is 0.583. The quantitative estimate of drug-likeness (QED) is 0.398. The van der Waals surface area contributed by atoms with Crippen molar-refractivity contribution in [2.45, 2.75) is 27.7 Å². The number of rotatable bonds is 6. The van der Waals surface area contributed by atoms with Gasteiger partial charge in [-0.1, -0.05) is 6.08 Å². The van der Waals surface area contributed by atoms with E-state index in [-0.39, 0.29) is 19.0 Å². The van der Waals surface area contributed by atoms with E-state index in [4.69, 9.17) is 9.47 Å². The van der Waals surface area contributed by atoms with Gasteiger partial charge in [0.05, 0.1) is 13.2 Å². The van der Waals surface area contributed by atoms with Crippen LogP contribution in [0.25, 0.3) is 0 Å². The van der Waals surface area contributed by atoms with Gasteiger partial charge in [-0.25, -0.2) is 0 Å². The average molecular weight is 242 g/mol. The standard InChI is InChI=1S/C12H18O5/c1-5-16-10(14)12(4,8-7-9(3)13)11(15)17-6-2/h7-8H,5-6H2,1-4H3. The molecule has 17 heavy (non-hydrogen) atoms. The van der Waals surface area contributed by atoms with Crippen LogP contribution in [0.15, 0.2) is 12.2 Å². The largest absolute Gasteiger partial charge is 0.465 e. The van der Waals surface area contributed by atoms with Crippen LogP contribution >= 0.6 is 0 Å². The lowest BCUT2D eigenvalue weighted by molar-refractivity contribution is -0.166. The summed E-state index contributed by atoms with van der Waals surface area (Å²) in [5.74, 6) is -1.71. The van der Waals surface area contributed by atoms with Crippen molar-refractivity contribution in [1.29, 1.82) is 0 Å². The minimum atomic E-state index is -1.57. The van der Waals surface area contributed by atoms with Crippen LogP contribution in [0.5, 0.6) is 0 Å². The van der Waals surface area contributed by atoms with E-state index in [2.05, 4.69) is 0 Å². The minimum absolute atomic E-state index is 0.155. The summed E-state index contributed by atoms with van der Waals surface area (Å²) in [5.41, 5.74) is -1.57. The van der Waals surface area contributed by atoms with E-state index in [1.807, 2.05) is 0 Å². The van der Waals surface area contributed by atoms with Crippen LogP contribution < -0.4 is 0 Å². The zero-order chi connectivity index (χ0) is 13.5. The van der Waals surface area contributed by atoms with Crippen LogP contribution in [-0.2, 0) is 23.9 Å². The molecule has 96 valence electrons. The molecule has 0 N–H and O–H groups in total. The number of hydrogen-bond acceptors (Lipinski definition) is 5. The van der Waals surface area contributed by atoms with Gasteiger partial charge in [-0.3, -0.25) is 14.4 Å². The summed E-state index contributed by atoms with van der Waals surface area (Å²) in [6, 6.07) is 0. The van der Waals surface area contributed by atoms with Gasteiger partial charge in [0.15, 0.2) is 11.2 Å². The Kier molecular flexibility index (Phi) is 6.17. The van der Waals surface area contributed by atoms with Crippen LogP contribution in [0.1, 0.15) is 27.7 Å². The van der Waals surface area contributed by atoms with Crippen molar-refractivity contribution in [2.75, 3.05) is 13.2 Å². The molecule has 0 amide bonds. The van der Waals surface area contributed by atoms with Crippen molar-refractivity contribution < 1.29 is 23.9 Å². The maximum absolute atomic E-state index is 11.7. The Morgan fingerprint density at radius 2 is 1.47 bits per heavy atom. The Balaban J connectivity index is 5.12. The van der Waals surface area contributed by atoms with Crippen LogP contribution in [0, 0.1) is 5.41 Å². The predicted molar refractivity (Wildman–Crippen MR) is 61.2 cm³/mol. The Bertz CT molecular complexity index is 312. The molecule has 0 aliphatic carbocycles. The molecule has 0 aliphatic heterocycles. The maximum Gasteiger partial charge on any atom is 0.327 e. The van der Waals surface area contributed by atoms with E-state index >= 15 is 0 Å². The highest BCUT2D eigenvalue weighted by Gasteiger charge is 2.41. The fourth-order valence-corrected chi connectivity index (χ4v) is 1.07. The summed E-state index contributed by atoms with van der Waals surface area (Å²) in [6.45, 7) is 6.27. The van der Waals surface area contributed by atoms with E-state index in [1.165, 1.54) is 19.9 Å². The summed E-state index contributed by atoms with van der Waals surface area (Å²) < 4.78 is 9.61. The molecule has 0 radical (unpaired) electrons. The monoisotopic (exact) mass is 242 g/mol. The molecule has 0 saturated carbocycles. The molecule has 0 unspecified atom stereocenters. The number of carbonyl (C=O) groups is 3. The van der Waals surface area contributed by atoms with Gasteiger partial charge in [0, 0.05) is 0 Å². The Hall–Kier alpha value is -1.65. The third-order valence-corrected chi connectivity index (χ3v) is 2.05. The number of hydrogen-bond donors (Lipinski definition) is 0. The molecule has 5 nitrogen and oxygen atoms in total. The molecule has 0 saturated heterocycles. The summed E-state index contributed by atoms with van der Waals surface area (Å²) >= 11 is 0. The zero-order valence-electron chi connectivity index (χ0n) is 10.6. The molecule has 0 atom stereocenters. The van der Waals surface area contributed by atoms with E-state index in [0.717, 1.165) is 6.08 Å². The van der Waals surface area contributed by atoms with Crippen LogP contribution in [0.2, 0.25) is 0 Å². The van der Waals surface area contributed by atoms with Gasteiger partial charge < -0.3 is 9.47 Å². The van der Waals surface area contributed by atoms with Crippen molar-refractivity contribution in [1.82, 2.24) is 0 Å². The van der Waals surface area contributed by atoms with Gasteiger partial charge in [0.25, 0.3) is 0 Å². The normalized spacial score (nSPS) is 11.3. The first-order valence-electron chi connectivity index (χ1n) is 5.42. The lowest BCUT2D eigenvalue weighted by Gasteiger charge is -2.21. The highest BCUT2D eigenvalue weighted by atomic mass is 16.6. The summed E-state index contributed by atoms with van der Waals surface area (Å²) in [6.07, 6.45) is 2.37. The molecule has 0 rings (SSSR count). The number of allylic oxidation sites excluding steroid dienone is 1. The number of ether oxygens (including phenoxy) is 2. The van der Waals surface area contributed by atoms with E-state index in [1.54, 1.807) is 13.8 Å². The molecular weight excluding hydrogens is 224 g/mol. The molecule has 0 aromatic heterocycles. The SMILES string of the molecule is CCOC(=O)C(C)(C=CC(C)=O)C(=O)OCC. The van der Waals surface area contributed by atoms with E-state index < -0.39 is 17.4 Å². The Morgan fingerprint density at radius 1 is 1.06 bits per heavy atom. The van der Waals surface area contributed by atoms with Crippen molar-refractivity contribution >= 4 is 17.7 Å². The van der Waals surface area contributed by atoms with E-state index in [9.17, 15) is 14.4 Å². The topological polar surface area (TPSA) is 69.7 Å². The molecular formula is C12H18O5. The predicted octanol–water partition coefficient (Wildman–Crippen LogP) is 1.26. The highest BCUT2D eigenvalue weighted by Crippen LogP contribution is 2.23. The second kappa shape index (κ2) is 6.83. The van der Waals surface area contributed by atoms with Gasteiger partial charge in [-0.2, -0.15) is 0 Å². The first-order chi connectivity index (χ1) is 7.88. The van der Waals surface area contributed by atoms with Crippen LogP contribution in [-0.4, -0.2) is 30.9 Å².